The second kappa shape index (κ2) is 5.41. The van der Waals surface area contributed by atoms with Crippen LogP contribution in [-0.4, -0.2) is 11.0 Å². The molecule has 0 aliphatic heterocycles. The van der Waals surface area contributed by atoms with Crippen molar-refractivity contribution >= 4 is 0 Å². The highest BCUT2D eigenvalue weighted by Crippen LogP contribution is 2.25. The molecule has 0 radical (unpaired) electrons. The van der Waals surface area contributed by atoms with Gasteiger partial charge in [0.25, 0.3) is 0 Å². The average Bonchev–Trinajstić information content (AvgIpc) is 3.25. The van der Waals surface area contributed by atoms with Gasteiger partial charge >= 0.3 is 0 Å². The number of rotatable bonds is 5. The van der Waals surface area contributed by atoms with Crippen LogP contribution in [0.25, 0.3) is 0 Å². The van der Waals surface area contributed by atoms with Gasteiger partial charge in [-0.25, -0.2) is 4.98 Å². The molecule has 1 aliphatic carbocycles. The van der Waals surface area contributed by atoms with E-state index in [1.807, 2.05) is 30.3 Å². The molecule has 1 fully saturated rings. The van der Waals surface area contributed by atoms with E-state index in [1.54, 1.807) is 6.20 Å². The molecule has 1 aliphatic rings. The lowest BCUT2D eigenvalue weighted by Gasteiger charge is -2.10. The van der Waals surface area contributed by atoms with Crippen LogP contribution in [0.3, 0.4) is 0 Å². The summed E-state index contributed by atoms with van der Waals surface area (Å²) in [6, 6.07) is 12.7. The summed E-state index contributed by atoms with van der Waals surface area (Å²) in [7, 11) is 0. The number of ether oxygens (including phenoxy) is 1. The summed E-state index contributed by atoms with van der Waals surface area (Å²) in [4.78, 5) is 4.33. The zero-order valence-corrected chi connectivity index (χ0v) is 11.1. The summed E-state index contributed by atoms with van der Waals surface area (Å²) in [5.74, 6) is 1.52. The Morgan fingerprint density at radius 3 is 2.74 bits per heavy atom. The Morgan fingerprint density at radius 2 is 2.00 bits per heavy atom. The molecule has 98 valence electrons. The number of benzene rings is 1. The van der Waals surface area contributed by atoms with Crippen LogP contribution in [-0.2, 0) is 6.54 Å². The van der Waals surface area contributed by atoms with E-state index in [9.17, 15) is 0 Å². The molecule has 1 aromatic heterocycles. The second-order valence-electron chi connectivity index (χ2n) is 5.04. The van der Waals surface area contributed by atoms with Gasteiger partial charge in [0.2, 0.25) is 5.88 Å². The molecule has 3 heteroatoms. The Labute approximate surface area is 113 Å². The SMILES string of the molecule is Cc1ccc(Oc2ncccc2CNC2CC2)cc1. The van der Waals surface area contributed by atoms with Gasteiger partial charge in [0.1, 0.15) is 5.75 Å². The molecular formula is C16H18N2O. The minimum absolute atomic E-state index is 0.687. The van der Waals surface area contributed by atoms with E-state index in [0.717, 1.165) is 17.9 Å². The minimum atomic E-state index is 0.687. The largest absolute Gasteiger partial charge is 0.439 e. The zero-order chi connectivity index (χ0) is 13.1. The fourth-order valence-corrected chi connectivity index (χ4v) is 1.91. The maximum atomic E-state index is 5.87. The number of hydrogen-bond acceptors (Lipinski definition) is 3. The van der Waals surface area contributed by atoms with Crippen LogP contribution in [0.1, 0.15) is 24.0 Å². The molecular weight excluding hydrogens is 236 g/mol. The molecule has 0 atom stereocenters. The molecule has 1 N–H and O–H groups in total. The summed E-state index contributed by atoms with van der Waals surface area (Å²) in [6.07, 6.45) is 4.34. The summed E-state index contributed by atoms with van der Waals surface area (Å²) in [5, 5.41) is 3.49. The van der Waals surface area contributed by atoms with Crippen molar-refractivity contribution in [3.8, 4) is 11.6 Å². The summed E-state index contributed by atoms with van der Waals surface area (Å²) < 4.78 is 5.87. The van der Waals surface area contributed by atoms with Gasteiger partial charge < -0.3 is 10.1 Å². The van der Waals surface area contributed by atoms with E-state index in [2.05, 4.69) is 23.3 Å². The molecule has 3 rings (SSSR count). The second-order valence-corrected chi connectivity index (χ2v) is 5.04. The third-order valence-corrected chi connectivity index (χ3v) is 3.24. The highest BCUT2D eigenvalue weighted by molar-refractivity contribution is 5.33. The first-order chi connectivity index (χ1) is 9.31. The molecule has 1 saturated carbocycles. The van der Waals surface area contributed by atoms with Crippen molar-refractivity contribution in [2.75, 3.05) is 0 Å². The summed E-state index contributed by atoms with van der Waals surface area (Å²) in [5.41, 5.74) is 2.33. The van der Waals surface area contributed by atoms with Gasteiger partial charge in [0.05, 0.1) is 0 Å². The van der Waals surface area contributed by atoms with Crippen molar-refractivity contribution in [1.82, 2.24) is 10.3 Å². The molecule has 0 amide bonds. The number of aryl methyl sites for hydroxylation is 1. The van der Waals surface area contributed by atoms with E-state index >= 15 is 0 Å². The molecule has 0 bridgehead atoms. The Bertz CT molecular complexity index is 547. The van der Waals surface area contributed by atoms with Gasteiger partial charge in [-0.05, 0) is 38.0 Å². The molecule has 1 aromatic carbocycles. The first-order valence-electron chi connectivity index (χ1n) is 6.73. The Morgan fingerprint density at radius 1 is 1.21 bits per heavy atom. The predicted octanol–water partition coefficient (Wildman–Crippen LogP) is 3.43. The van der Waals surface area contributed by atoms with Gasteiger partial charge in [0.15, 0.2) is 0 Å². The van der Waals surface area contributed by atoms with Crippen molar-refractivity contribution in [1.29, 1.82) is 0 Å². The Hall–Kier alpha value is -1.87. The highest BCUT2D eigenvalue weighted by atomic mass is 16.5. The van der Waals surface area contributed by atoms with Crippen LogP contribution in [0.5, 0.6) is 11.6 Å². The van der Waals surface area contributed by atoms with Gasteiger partial charge in [-0.1, -0.05) is 23.8 Å². The predicted molar refractivity (Wildman–Crippen MR) is 75.4 cm³/mol. The van der Waals surface area contributed by atoms with Crippen molar-refractivity contribution in [3.63, 3.8) is 0 Å². The van der Waals surface area contributed by atoms with Gasteiger partial charge in [0, 0.05) is 24.3 Å². The van der Waals surface area contributed by atoms with Crippen molar-refractivity contribution < 1.29 is 4.74 Å². The van der Waals surface area contributed by atoms with Gasteiger partial charge in [-0.2, -0.15) is 0 Å². The van der Waals surface area contributed by atoms with Crippen molar-refractivity contribution in [2.24, 2.45) is 0 Å². The monoisotopic (exact) mass is 254 g/mol. The van der Waals surface area contributed by atoms with E-state index in [0.29, 0.717) is 11.9 Å². The molecule has 2 aromatic rings. The van der Waals surface area contributed by atoms with Crippen LogP contribution in [0.4, 0.5) is 0 Å². The lowest BCUT2D eigenvalue weighted by Crippen LogP contribution is -2.16. The highest BCUT2D eigenvalue weighted by Gasteiger charge is 2.20. The van der Waals surface area contributed by atoms with E-state index < -0.39 is 0 Å². The van der Waals surface area contributed by atoms with Crippen LogP contribution >= 0.6 is 0 Å². The van der Waals surface area contributed by atoms with Gasteiger partial charge in [-0.15, -0.1) is 0 Å². The topological polar surface area (TPSA) is 34.1 Å². The Balaban J connectivity index is 1.73. The van der Waals surface area contributed by atoms with E-state index in [-0.39, 0.29) is 0 Å². The zero-order valence-electron chi connectivity index (χ0n) is 11.1. The maximum Gasteiger partial charge on any atom is 0.223 e. The van der Waals surface area contributed by atoms with E-state index in [1.165, 1.54) is 18.4 Å². The molecule has 1 heterocycles. The average molecular weight is 254 g/mol. The normalized spacial score (nSPS) is 14.4. The number of nitrogens with one attached hydrogen (secondary N) is 1. The summed E-state index contributed by atoms with van der Waals surface area (Å²) in [6.45, 7) is 2.88. The third-order valence-electron chi connectivity index (χ3n) is 3.24. The fourth-order valence-electron chi connectivity index (χ4n) is 1.91. The molecule has 0 unspecified atom stereocenters. The summed E-state index contributed by atoms with van der Waals surface area (Å²) >= 11 is 0. The Kier molecular flexibility index (Phi) is 3.47. The lowest BCUT2D eigenvalue weighted by molar-refractivity contribution is 0.452. The number of nitrogens with zero attached hydrogens (tertiary/aromatic N) is 1. The third kappa shape index (κ3) is 3.32. The maximum absolute atomic E-state index is 5.87. The first-order valence-corrected chi connectivity index (χ1v) is 6.73. The standard InChI is InChI=1S/C16H18N2O/c1-12-4-8-15(9-5-12)19-16-13(3-2-10-17-16)11-18-14-6-7-14/h2-5,8-10,14,18H,6-7,11H2,1H3. The molecule has 0 spiro atoms. The van der Waals surface area contributed by atoms with Crippen LogP contribution < -0.4 is 10.1 Å². The minimum Gasteiger partial charge on any atom is -0.439 e. The number of aromatic nitrogens is 1. The fraction of sp³-hybridized carbons (Fsp3) is 0.312. The number of hydrogen-bond donors (Lipinski definition) is 1. The molecule has 3 nitrogen and oxygen atoms in total. The quantitative estimate of drug-likeness (QED) is 0.887. The lowest BCUT2D eigenvalue weighted by atomic mass is 10.2. The molecule has 19 heavy (non-hydrogen) atoms. The van der Waals surface area contributed by atoms with E-state index in [4.69, 9.17) is 4.74 Å². The van der Waals surface area contributed by atoms with Crippen molar-refractivity contribution in [2.45, 2.75) is 32.4 Å². The smallest absolute Gasteiger partial charge is 0.223 e. The first kappa shape index (κ1) is 12.2. The van der Waals surface area contributed by atoms with Crippen LogP contribution in [0.15, 0.2) is 42.6 Å². The van der Waals surface area contributed by atoms with Gasteiger partial charge in [-0.3, -0.25) is 0 Å². The number of pyridine rings is 1. The van der Waals surface area contributed by atoms with Crippen molar-refractivity contribution in [3.05, 3.63) is 53.7 Å². The van der Waals surface area contributed by atoms with Crippen LogP contribution in [0.2, 0.25) is 0 Å². The van der Waals surface area contributed by atoms with Crippen LogP contribution in [0, 0.1) is 6.92 Å². The molecule has 0 saturated heterocycles.